The molecule has 0 aliphatic carbocycles. The molecule has 5 rings (SSSR count). The topological polar surface area (TPSA) is 99.6 Å². The minimum absolute atomic E-state index is 0.265. The summed E-state index contributed by atoms with van der Waals surface area (Å²) in [6.45, 7) is 10.0. The predicted octanol–water partition coefficient (Wildman–Crippen LogP) is 3.46. The number of carbonyl (C=O) groups excluding carboxylic acids is 3. The number of benzene rings is 1. The van der Waals surface area contributed by atoms with Gasteiger partial charge in [0.25, 0.3) is 5.91 Å². The lowest BCUT2D eigenvalue weighted by atomic mass is 9.73. The average Bonchev–Trinajstić information content (AvgIpc) is 3.36. The van der Waals surface area contributed by atoms with Crippen LogP contribution in [0, 0.1) is 11.8 Å². The minimum atomic E-state index is -1.38. The summed E-state index contributed by atoms with van der Waals surface area (Å²) in [5.74, 6) is -2.97. The molecule has 41 heavy (non-hydrogen) atoms. The number of esters is 1. The van der Waals surface area contributed by atoms with Gasteiger partial charge in [-0.2, -0.15) is 0 Å². The summed E-state index contributed by atoms with van der Waals surface area (Å²) >= 11 is 0. The third-order valence-corrected chi connectivity index (χ3v) is 9.44. The Hall–Kier alpha value is -3.17. The van der Waals surface area contributed by atoms with Gasteiger partial charge in [-0.3, -0.25) is 14.4 Å². The highest BCUT2D eigenvalue weighted by Gasteiger charge is 2.75. The van der Waals surface area contributed by atoms with Gasteiger partial charge in [0, 0.05) is 31.0 Å². The summed E-state index contributed by atoms with van der Waals surface area (Å²) in [5, 5.41) is 10.3. The molecule has 4 heterocycles. The number of rotatable bonds is 8. The number of nitrogens with zero attached hydrogens (tertiary/aromatic N) is 3. The Morgan fingerprint density at radius 1 is 1.00 bits per heavy atom. The predicted molar refractivity (Wildman–Crippen MR) is 156 cm³/mol. The van der Waals surface area contributed by atoms with Crippen LogP contribution in [0.3, 0.4) is 0 Å². The number of amides is 2. The number of carbonyl (C=O) groups is 3. The molecule has 6 atom stereocenters. The van der Waals surface area contributed by atoms with E-state index in [0.29, 0.717) is 31.5 Å². The quantitative estimate of drug-likeness (QED) is 0.381. The number of aliphatic hydroxyl groups excluding tert-OH is 1. The third-order valence-electron chi connectivity index (χ3n) is 9.44. The van der Waals surface area contributed by atoms with E-state index in [0.717, 1.165) is 25.2 Å². The van der Waals surface area contributed by atoms with Crippen molar-refractivity contribution in [2.24, 2.45) is 11.8 Å². The van der Waals surface area contributed by atoms with Gasteiger partial charge in [-0.25, -0.2) is 0 Å². The van der Waals surface area contributed by atoms with Crippen LogP contribution in [0.15, 0.2) is 48.6 Å². The van der Waals surface area contributed by atoms with Gasteiger partial charge in [0.05, 0.1) is 25.2 Å². The number of fused-ring (bicyclic) bond motifs is 2. The van der Waals surface area contributed by atoms with Crippen LogP contribution < -0.4 is 9.80 Å². The van der Waals surface area contributed by atoms with Crippen LogP contribution in [-0.4, -0.2) is 83.9 Å². The molecular weight excluding hydrogens is 522 g/mol. The van der Waals surface area contributed by atoms with Gasteiger partial charge in [0.1, 0.15) is 23.2 Å². The molecule has 0 radical (unpaired) electrons. The molecule has 2 amide bonds. The highest BCUT2D eigenvalue weighted by atomic mass is 16.6. The molecule has 2 fully saturated rings. The number of hydrogen-bond acceptors (Lipinski definition) is 7. The molecule has 2 saturated heterocycles. The van der Waals surface area contributed by atoms with E-state index in [4.69, 9.17) is 9.47 Å². The summed E-state index contributed by atoms with van der Waals surface area (Å²) in [4.78, 5) is 48.1. The zero-order valence-corrected chi connectivity index (χ0v) is 24.6. The molecule has 1 aromatic rings. The molecular formula is C32H43N3O6. The number of cyclic esters (lactones) is 1. The Morgan fingerprint density at radius 3 is 2.37 bits per heavy atom. The van der Waals surface area contributed by atoms with Gasteiger partial charge < -0.3 is 29.3 Å². The smallest absolute Gasteiger partial charge is 0.313 e. The second kappa shape index (κ2) is 11.6. The van der Waals surface area contributed by atoms with E-state index in [1.54, 1.807) is 4.90 Å². The molecule has 4 aliphatic heterocycles. The molecule has 1 aromatic carbocycles. The maximum atomic E-state index is 14.6. The number of likely N-dealkylation sites (tertiary alicyclic amines) is 1. The maximum Gasteiger partial charge on any atom is 0.313 e. The molecule has 9 nitrogen and oxygen atoms in total. The first kappa shape index (κ1) is 29.3. The summed E-state index contributed by atoms with van der Waals surface area (Å²) in [6, 6.07) is 6.23. The van der Waals surface area contributed by atoms with Crippen molar-refractivity contribution in [1.82, 2.24) is 4.90 Å². The van der Waals surface area contributed by atoms with Crippen molar-refractivity contribution in [1.29, 1.82) is 0 Å². The Labute approximate surface area is 242 Å². The van der Waals surface area contributed by atoms with E-state index >= 15 is 0 Å². The van der Waals surface area contributed by atoms with Crippen LogP contribution in [0.5, 0.6) is 0 Å². The second-order valence-corrected chi connectivity index (χ2v) is 11.4. The van der Waals surface area contributed by atoms with Crippen molar-refractivity contribution in [3.63, 3.8) is 0 Å². The molecule has 222 valence electrons. The van der Waals surface area contributed by atoms with Crippen LogP contribution in [0.4, 0.5) is 11.4 Å². The zero-order valence-electron chi connectivity index (χ0n) is 24.6. The normalized spacial score (nSPS) is 32.7. The molecule has 0 bridgehead atoms. The fourth-order valence-electron chi connectivity index (χ4n) is 7.29. The van der Waals surface area contributed by atoms with E-state index in [9.17, 15) is 19.5 Å². The van der Waals surface area contributed by atoms with E-state index in [2.05, 4.69) is 18.7 Å². The maximum absolute atomic E-state index is 14.6. The largest absolute Gasteiger partial charge is 0.465 e. The number of aliphatic hydroxyl groups is 1. The van der Waals surface area contributed by atoms with Crippen LogP contribution in [0.1, 0.15) is 53.4 Å². The van der Waals surface area contributed by atoms with Gasteiger partial charge >= 0.3 is 5.97 Å². The van der Waals surface area contributed by atoms with Crippen molar-refractivity contribution in [3.05, 3.63) is 48.6 Å². The van der Waals surface area contributed by atoms with Crippen molar-refractivity contribution in [3.8, 4) is 0 Å². The monoisotopic (exact) mass is 565 g/mol. The lowest BCUT2D eigenvalue weighted by molar-refractivity contribution is -0.161. The second-order valence-electron chi connectivity index (χ2n) is 11.4. The Morgan fingerprint density at radius 2 is 1.73 bits per heavy atom. The first-order chi connectivity index (χ1) is 19.8. The molecule has 0 saturated carbocycles. The first-order valence-electron chi connectivity index (χ1n) is 15.1. The molecule has 1 N–H and O–H groups in total. The highest BCUT2D eigenvalue weighted by Crippen LogP contribution is 2.58. The SMILES string of the molecule is CC[C@@H](CO)N1C(=O)[C@@H]2[C@H]3C(=O)OCCC/C=C\[C@@]3(CC)O[C@@]23C=CCN(c2ccc(N(CC)CC)cc2)C(=O)C13. The van der Waals surface area contributed by atoms with Crippen LogP contribution >= 0.6 is 0 Å². The zero-order chi connectivity index (χ0) is 29.4. The van der Waals surface area contributed by atoms with Crippen LogP contribution in [0.25, 0.3) is 0 Å². The Bertz CT molecular complexity index is 1210. The molecule has 1 unspecified atom stereocenters. The fraction of sp³-hybridized carbons (Fsp3) is 0.594. The van der Waals surface area contributed by atoms with Gasteiger partial charge in [-0.15, -0.1) is 0 Å². The van der Waals surface area contributed by atoms with Crippen molar-refractivity contribution in [2.75, 3.05) is 42.6 Å². The van der Waals surface area contributed by atoms with Gasteiger partial charge in [-0.1, -0.05) is 38.2 Å². The molecule has 1 spiro atoms. The number of allylic oxidation sites excluding steroid dienone is 1. The van der Waals surface area contributed by atoms with E-state index in [1.807, 2.05) is 62.4 Å². The summed E-state index contributed by atoms with van der Waals surface area (Å²) in [6.07, 6.45) is 9.94. The van der Waals surface area contributed by atoms with Crippen molar-refractivity contribution in [2.45, 2.75) is 76.7 Å². The van der Waals surface area contributed by atoms with E-state index in [-0.39, 0.29) is 25.0 Å². The fourth-order valence-corrected chi connectivity index (χ4v) is 7.29. The molecule has 9 heteroatoms. The Kier molecular flexibility index (Phi) is 8.30. The van der Waals surface area contributed by atoms with E-state index < -0.39 is 41.1 Å². The average molecular weight is 566 g/mol. The van der Waals surface area contributed by atoms with E-state index in [1.165, 1.54) is 4.90 Å². The minimum Gasteiger partial charge on any atom is -0.465 e. The van der Waals surface area contributed by atoms with Crippen LogP contribution in [-0.2, 0) is 23.9 Å². The van der Waals surface area contributed by atoms with Gasteiger partial charge in [-0.05, 0) is 63.8 Å². The highest BCUT2D eigenvalue weighted by molar-refractivity contribution is 6.05. The number of ether oxygens (including phenoxy) is 2. The summed E-state index contributed by atoms with van der Waals surface area (Å²) in [7, 11) is 0. The number of hydrogen-bond donors (Lipinski definition) is 1. The third kappa shape index (κ3) is 4.57. The van der Waals surface area contributed by atoms with Crippen molar-refractivity contribution < 1.29 is 29.0 Å². The lowest BCUT2D eigenvalue weighted by Crippen LogP contribution is -2.59. The lowest BCUT2D eigenvalue weighted by Gasteiger charge is -2.40. The number of anilines is 2. The summed E-state index contributed by atoms with van der Waals surface area (Å²) in [5.41, 5.74) is -0.683. The molecule has 0 aromatic heterocycles. The summed E-state index contributed by atoms with van der Waals surface area (Å²) < 4.78 is 12.6. The van der Waals surface area contributed by atoms with Gasteiger partial charge in [0.2, 0.25) is 5.91 Å². The first-order valence-corrected chi connectivity index (χ1v) is 15.1. The Balaban J connectivity index is 1.63. The van der Waals surface area contributed by atoms with Crippen molar-refractivity contribution >= 4 is 29.2 Å². The standard InChI is InChI=1S/C32H43N3O6/c1-5-22(21-36)35-27-29(38)34(24-15-13-23(14-16-24)33(7-3)8-4)19-12-18-32(27)25(28(35)37)26-30(39)40-20-11-9-10-17-31(26,6-2)41-32/h10,12-18,22,25-27,36H,5-9,11,19-21H2,1-4H3/b17-10-/t22-,25-,26-,27?,31+,32-/m0/s1. The van der Waals surface area contributed by atoms with Gasteiger partial charge in [0.15, 0.2) is 0 Å². The molecule has 4 aliphatic rings. The van der Waals surface area contributed by atoms with Crippen LogP contribution in [0.2, 0.25) is 0 Å².